The normalized spacial score (nSPS) is 28.1. The molecular formula is C10H16O2. The van der Waals surface area contributed by atoms with E-state index >= 15 is 0 Å². The molecule has 1 aliphatic heterocycles. The van der Waals surface area contributed by atoms with Crippen LogP contribution in [-0.2, 0) is 9.53 Å². The van der Waals surface area contributed by atoms with Crippen LogP contribution in [0, 0.1) is 5.92 Å². The fraction of sp³-hybridized carbons (Fsp3) is 0.700. The number of carbonyl (C=O) groups is 1. The number of hydrogen-bond donors (Lipinski definition) is 0. The molecule has 68 valence electrons. The van der Waals surface area contributed by atoms with Gasteiger partial charge in [0.25, 0.3) is 0 Å². The van der Waals surface area contributed by atoms with Crippen molar-refractivity contribution in [1.29, 1.82) is 0 Å². The van der Waals surface area contributed by atoms with Gasteiger partial charge in [-0.3, -0.25) is 4.79 Å². The van der Waals surface area contributed by atoms with E-state index in [-0.39, 0.29) is 11.9 Å². The van der Waals surface area contributed by atoms with E-state index in [1.165, 1.54) is 0 Å². The lowest BCUT2D eigenvalue weighted by atomic mass is 10.0. The zero-order valence-corrected chi connectivity index (χ0v) is 7.58. The van der Waals surface area contributed by atoms with Gasteiger partial charge in [-0.2, -0.15) is 0 Å². The summed E-state index contributed by atoms with van der Waals surface area (Å²) in [5.74, 6) is 0.106. The molecule has 0 radical (unpaired) electrons. The van der Waals surface area contributed by atoms with Gasteiger partial charge < -0.3 is 4.74 Å². The molecule has 0 aromatic carbocycles. The molecule has 0 N–H and O–H groups in total. The van der Waals surface area contributed by atoms with E-state index in [0.29, 0.717) is 6.61 Å². The highest BCUT2D eigenvalue weighted by atomic mass is 16.5. The summed E-state index contributed by atoms with van der Waals surface area (Å²) in [6, 6.07) is 0. The van der Waals surface area contributed by atoms with Gasteiger partial charge >= 0.3 is 5.97 Å². The molecule has 0 saturated carbocycles. The molecule has 1 atom stereocenters. The molecule has 1 aliphatic rings. The summed E-state index contributed by atoms with van der Waals surface area (Å²) in [6.07, 6.45) is 7.93. The van der Waals surface area contributed by atoms with E-state index in [4.69, 9.17) is 4.74 Å². The van der Waals surface area contributed by atoms with Gasteiger partial charge in [0, 0.05) is 0 Å². The van der Waals surface area contributed by atoms with Crippen molar-refractivity contribution in [3.8, 4) is 0 Å². The average Bonchev–Trinajstić information content (AvgIpc) is 2.17. The van der Waals surface area contributed by atoms with Crippen LogP contribution < -0.4 is 0 Å². The maximum atomic E-state index is 11.3. The number of esters is 1. The Bertz CT molecular complexity index is 173. The molecule has 0 aromatic rings. The van der Waals surface area contributed by atoms with Crippen LogP contribution in [0.25, 0.3) is 0 Å². The summed E-state index contributed by atoms with van der Waals surface area (Å²) >= 11 is 0. The number of ether oxygens (including phenoxy) is 1. The minimum atomic E-state index is -0.0128. The maximum absolute atomic E-state index is 11.3. The third kappa shape index (κ3) is 2.68. The van der Waals surface area contributed by atoms with Crippen molar-refractivity contribution in [2.24, 2.45) is 5.92 Å². The van der Waals surface area contributed by atoms with Crippen molar-refractivity contribution in [2.45, 2.75) is 32.6 Å². The number of rotatable bonds is 1. The zero-order chi connectivity index (χ0) is 8.81. The highest BCUT2D eigenvalue weighted by Gasteiger charge is 2.17. The lowest BCUT2D eigenvalue weighted by Gasteiger charge is -2.11. The van der Waals surface area contributed by atoms with Gasteiger partial charge in [0.05, 0.1) is 12.5 Å². The quantitative estimate of drug-likeness (QED) is 0.443. The van der Waals surface area contributed by atoms with Crippen molar-refractivity contribution in [3.05, 3.63) is 12.2 Å². The first-order valence-corrected chi connectivity index (χ1v) is 4.66. The highest BCUT2D eigenvalue weighted by Crippen LogP contribution is 2.15. The van der Waals surface area contributed by atoms with E-state index in [0.717, 1.165) is 25.7 Å². The van der Waals surface area contributed by atoms with Gasteiger partial charge in [-0.05, 0) is 25.7 Å². The molecule has 0 aromatic heterocycles. The van der Waals surface area contributed by atoms with Gasteiger partial charge in [-0.1, -0.05) is 19.1 Å². The summed E-state index contributed by atoms with van der Waals surface area (Å²) in [5, 5.41) is 0. The first-order chi connectivity index (χ1) is 5.84. The van der Waals surface area contributed by atoms with Gasteiger partial charge in [0.1, 0.15) is 0 Å². The Hall–Kier alpha value is -0.790. The van der Waals surface area contributed by atoms with Crippen LogP contribution in [-0.4, -0.2) is 12.6 Å². The molecule has 0 aliphatic carbocycles. The Morgan fingerprint density at radius 3 is 3.00 bits per heavy atom. The molecule has 0 fully saturated rings. The maximum Gasteiger partial charge on any atom is 0.308 e. The van der Waals surface area contributed by atoms with Crippen molar-refractivity contribution in [3.63, 3.8) is 0 Å². The molecular weight excluding hydrogens is 152 g/mol. The summed E-state index contributed by atoms with van der Waals surface area (Å²) < 4.78 is 5.08. The highest BCUT2D eigenvalue weighted by molar-refractivity contribution is 5.72. The van der Waals surface area contributed by atoms with Crippen LogP contribution in [0.2, 0.25) is 0 Å². The van der Waals surface area contributed by atoms with E-state index in [1.54, 1.807) is 0 Å². The van der Waals surface area contributed by atoms with Gasteiger partial charge in [-0.15, -0.1) is 0 Å². The minimum Gasteiger partial charge on any atom is -0.465 e. The molecule has 2 nitrogen and oxygen atoms in total. The van der Waals surface area contributed by atoms with E-state index < -0.39 is 0 Å². The topological polar surface area (TPSA) is 26.3 Å². The molecule has 12 heavy (non-hydrogen) atoms. The smallest absolute Gasteiger partial charge is 0.308 e. The second-order valence-electron chi connectivity index (χ2n) is 3.11. The van der Waals surface area contributed by atoms with Crippen LogP contribution in [0.1, 0.15) is 32.6 Å². The predicted octanol–water partition coefficient (Wildman–Crippen LogP) is 2.30. The number of carbonyl (C=O) groups excluding carboxylic acids is 1. The van der Waals surface area contributed by atoms with E-state index in [9.17, 15) is 4.79 Å². The van der Waals surface area contributed by atoms with Crippen molar-refractivity contribution in [1.82, 2.24) is 0 Å². The van der Waals surface area contributed by atoms with Crippen molar-refractivity contribution < 1.29 is 9.53 Å². The van der Waals surface area contributed by atoms with E-state index in [1.807, 2.05) is 6.92 Å². The summed E-state index contributed by atoms with van der Waals surface area (Å²) in [6.45, 7) is 2.58. The zero-order valence-electron chi connectivity index (χ0n) is 7.58. The Labute approximate surface area is 73.6 Å². The fourth-order valence-electron chi connectivity index (χ4n) is 1.37. The minimum absolute atomic E-state index is 0.0128. The van der Waals surface area contributed by atoms with Gasteiger partial charge in [0.15, 0.2) is 0 Å². The van der Waals surface area contributed by atoms with Crippen LogP contribution in [0.3, 0.4) is 0 Å². The third-order valence-electron chi connectivity index (χ3n) is 2.20. The summed E-state index contributed by atoms with van der Waals surface area (Å²) in [4.78, 5) is 11.3. The van der Waals surface area contributed by atoms with E-state index in [2.05, 4.69) is 12.2 Å². The Morgan fingerprint density at radius 2 is 2.25 bits per heavy atom. The Morgan fingerprint density at radius 1 is 1.50 bits per heavy atom. The average molecular weight is 168 g/mol. The standard InChI is InChI=1S/C10H16O2/c1-2-9-7-5-3-4-6-8-12-10(9)11/h3-4,9H,2,5-8H2,1H3/b4-3-. The first-order valence-electron chi connectivity index (χ1n) is 4.66. The summed E-state index contributed by atoms with van der Waals surface area (Å²) in [5.41, 5.74) is 0. The molecule has 2 heteroatoms. The Kier molecular flexibility index (Phi) is 3.85. The van der Waals surface area contributed by atoms with Crippen LogP contribution in [0.4, 0.5) is 0 Å². The van der Waals surface area contributed by atoms with Crippen LogP contribution in [0.15, 0.2) is 12.2 Å². The number of hydrogen-bond acceptors (Lipinski definition) is 2. The third-order valence-corrected chi connectivity index (χ3v) is 2.20. The fourth-order valence-corrected chi connectivity index (χ4v) is 1.37. The van der Waals surface area contributed by atoms with Crippen LogP contribution in [0.5, 0.6) is 0 Å². The molecule has 0 spiro atoms. The molecule has 1 rings (SSSR count). The number of cyclic esters (lactones) is 1. The largest absolute Gasteiger partial charge is 0.465 e. The molecule has 0 saturated heterocycles. The van der Waals surface area contributed by atoms with Crippen molar-refractivity contribution in [2.75, 3.05) is 6.61 Å². The lowest BCUT2D eigenvalue weighted by molar-refractivity contribution is -0.148. The number of allylic oxidation sites excluding steroid dienone is 1. The second kappa shape index (κ2) is 4.96. The molecule has 1 heterocycles. The lowest BCUT2D eigenvalue weighted by Crippen LogP contribution is -2.16. The van der Waals surface area contributed by atoms with Crippen LogP contribution >= 0.6 is 0 Å². The molecule has 0 amide bonds. The SMILES string of the molecule is CCC1CC/C=C\CCOC1=O. The first kappa shape index (κ1) is 9.30. The van der Waals surface area contributed by atoms with Gasteiger partial charge in [0.2, 0.25) is 0 Å². The summed E-state index contributed by atoms with van der Waals surface area (Å²) in [7, 11) is 0. The molecule has 0 bridgehead atoms. The monoisotopic (exact) mass is 168 g/mol. The predicted molar refractivity (Wildman–Crippen MR) is 47.7 cm³/mol. The molecule has 1 unspecified atom stereocenters. The Balaban J connectivity index is 2.48. The van der Waals surface area contributed by atoms with Crippen molar-refractivity contribution >= 4 is 5.97 Å². The van der Waals surface area contributed by atoms with Gasteiger partial charge in [-0.25, -0.2) is 0 Å². The second-order valence-corrected chi connectivity index (χ2v) is 3.11.